The summed E-state index contributed by atoms with van der Waals surface area (Å²) in [6.45, 7) is 3.43. The monoisotopic (exact) mass is 403 g/mol. The molecular weight excluding hydrogens is 378 g/mol. The average Bonchev–Trinajstić information content (AvgIpc) is 2.80. The van der Waals surface area contributed by atoms with Crippen LogP contribution in [0, 0.1) is 6.92 Å². The van der Waals surface area contributed by atoms with Crippen LogP contribution in [0.4, 0.5) is 11.8 Å². The molecule has 30 heavy (non-hydrogen) atoms. The zero-order valence-electron chi connectivity index (χ0n) is 17.0. The van der Waals surface area contributed by atoms with Crippen LogP contribution in [-0.2, 0) is 4.79 Å². The van der Waals surface area contributed by atoms with Crippen molar-refractivity contribution in [1.29, 1.82) is 0 Å². The molecule has 7 heteroatoms. The standard InChI is InChI=1S/C23H25N5O2/c1-17-9-10-21(25-14-17)27-23-24-12-11-20(26-23)18-6-5-13-28(15-18)22(29)16-30-19-7-3-2-4-8-19/h2-4,7-12,14,18H,5-6,13,15-16H2,1H3,(H,24,25,26,27)/t18-/m0/s1. The Kier molecular flexibility index (Phi) is 6.17. The van der Waals surface area contributed by atoms with Gasteiger partial charge in [0.25, 0.3) is 5.91 Å². The Labute approximate surface area is 176 Å². The van der Waals surface area contributed by atoms with Gasteiger partial charge in [-0.25, -0.2) is 15.0 Å². The highest BCUT2D eigenvalue weighted by Crippen LogP contribution is 2.26. The van der Waals surface area contributed by atoms with Crippen LogP contribution in [0.25, 0.3) is 0 Å². The van der Waals surface area contributed by atoms with Gasteiger partial charge in [0.1, 0.15) is 11.6 Å². The molecule has 4 rings (SSSR count). The van der Waals surface area contributed by atoms with Gasteiger partial charge in [-0.1, -0.05) is 24.3 Å². The van der Waals surface area contributed by atoms with Gasteiger partial charge >= 0.3 is 0 Å². The van der Waals surface area contributed by atoms with E-state index in [2.05, 4.69) is 20.3 Å². The van der Waals surface area contributed by atoms with Crippen molar-refractivity contribution in [3.63, 3.8) is 0 Å². The Balaban J connectivity index is 1.38. The predicted octanol–water partition coefficient (Wildman–Crippen LogP) is 3.71. The lowest BCUT2D eigenvalue weighted by atomic mass is 9.94. The maximum atomic E-state index is 12.6. The largest absolute Gasteiger partial charge is 0.484 e. The van der Waals surface area contributed by atoms with E-state index < -0.39 is 0 Å². The van der Waals surface area contributed by atoms with E-state index in [1.54, 1.807) is 12.4 Å². The molecule has 1 saturated heterocycles. The smallest absolute Gasteiger partial charge is 0.260 e. The third-order valence-electron chi connectivity index (χ3n) is 5.13. The SMILES string of the molecule is Cc1ccc(Nc2nccc([C@H]3CCCN(C(=O)COc4ccccc4)C3)n2)nc1. The molecule has 1 amide bonds. The summed E-state index contributed by atoms with van der Waals surface area (Å²) in [5.74, 6) is 2.10. The predicted molar refractivity (Wildman–Crippen MR) is 115 cm³/mol. The van der Waals surface area contributed by atoms with Gasteiger partial charge in [-0.2, -0.15) is 0 Å². The van der Waals surface area contributed by atoms with E-state index >= 15 is 0 Å². The summed E-state index contributed by atoms with van der Waals surface area (Å²) >= 11 is 0. The summed E-state index contributed by atoms with van der Waals surface area (Å²) in [4.78, 5) is 27.8. The molecule has 7 nitrogen and oxygen atoms in total. The number of carbonyl (C=O) groups is 1. The highest BCUT2D eigenvalue weighted by molar-refractivity contribution is 5.78. The molecule has 1 aliphatic rings. The fourth-order valence-corrected chi connectivity index (χ4v) is 3.51. The second-order valence-electron chi connectivity index (χ2n) is 7.43. The minimum Gasteiger partial charge on any atom is -0.484 e. The molecule has 1 aromatic carbocycles. The number of piperidine rings is 1. The fourth-order valence-electron chi connectivity index (χ4n) is 3.51. The van der Waals surface area contributed by atoms with Crippen molar-refractivity contribution in [2.45, 2.75) is 25.7 Å². The number of nitrogens with zero attached hydrogens (tertiary/aromatic N) is 4. The molecule has 2 aromatic heterocycles. The molecule has 1 fully saturated rings. The molecule has 3 heterocycles. The molecule has 1 atom stereocenters. The Hall–Kier alpha value is -3.48. The lowest BCUT2D eigenvalue weighted by Gasteiger charge is -2.32. The van der Waals surface area contributed by atoms with E-state index in [1.807, 2.05) is 60.4 Å². The van der Waals surface area contributed by atoms with Crippen LogP contribution in [0.5, 0.6) is 5.75 Å². The Bertz CT molecular complexity index is 978. The van der Waals surface area contributed by atoms with Gasteiger partial charge in [0, 0.05) is 31.4 Å². The first kappa shape index (κ1) is 19.8. The number of nitrogens with one attached hydrogen (secondary N) is 1. The van der Waals surface area contributed by atoms with Crippen molar-refractivity contribution in [2.24, 2.45) is 0 Å². The third kappa shape index (κ3) is 5.11. The maximum Gasteiger partial charge on any atom is 0.260 e. The molecule has 0 saturated carbocycles. The number of hydrogen-bond donors (Lipinski definition) is 1. The number of carbonyl (C=O) groups excluding carboxylic acids is 1. The zero-order valence-corrected chi connectivity index (χ0v) is 17.0. The van der Waals surface area contributed by atoms with Crippen molar-refractivity contribution in [3.8, 4) is 5.75 Å². The topological polar surface area (TPSA) is 80.2 Å². The van der Waals surface area contributed by atoms with Gasteiger partial charge in [-0.05, 0) is 49.6 Å². The van der Waals surface area contributed by atoms with Crippen molar-refractivity contribution in [3.05, 3.63) is 72.2 Å². The number of ether oxygens (including phenoxy) is 1. The Morgan fingerprint density at radius 3 is 2.83 bits per heavy atom. The van der Waals surface area contributed by atoms with E-state index in [0.29, 0.717) is 24.1 Å². The van der Waals surface area contributed by atoms with E-state index in [4.69, 9.17) is 4.74 Å². The van der Waals surface area contributed by atoms with Crippen molar-refractivity contribution >= 4 is 17.7 Å². The normalized spacial score (nSPS) is 16.2. The number of pyridine rings is 1. The number of rotatable bonds is 6. The number of anilines is 2. The van der Waals surface area contributed by atoms with Crippen LogP contribution in [0.15, 0.2) is 60.9 Å². The quantitative estimate of drug-likeness (QED) is 0.676. The van der Waals surface area contributed by atoms with Crippen LogP contribution in [0.1, 0.15) is 30.0 Å². The molecule has 154 valence electrons. The lowest BCUT2D eigenvalue weighted by molar-refractivity contribution is -0.134. The minimum atomic E-state index is -0.000173. The highest BCUT2D eigenvalue weighted by atomic mass is 16.5. The number of aromatic nitrogens is 3. The Morgan fingerprint density at radius 2 is 2.03 bits per heavy atom. The Morgan fingerprint density at radius 1 is 1.17 bits per heavy atom. The summed E-state index contributed by atoms with van der Waals surface area (Å²) in [7, 11) is 0. The van der Waals surface area contributed by atoms with Crippen molar-refractivity contribution in [1.82, 2.24) is 19.9 Å². The van der Waals surface area contributed by atoms with Gasteiger partial charge in [0.05, 0.1) is 5.69 Å². The number of para-hydroxylation sites is 1. The van der Waals surface area contributed by atoms with Crippen LogP contribution < -0.4 is 10.1 Å². The molecule has 1 aliphatic heterocycles. The third-order valence-corrected chi connectivity index (χ3v) is 5.13. The van der Waals surface area contributed by atoms with Gasteiger partial charge in [0.15, 0.2) is 6.61 Å². The van der Waals surface area contributed by atoms with E-state index in [-0.39, 0.29) is 18.4 Å². The summed E-state index contributed by atoms with van der Waals surface area (Å²) in [6, 6.07) is 15.2. The number of benzene rings is 1. The molecule has 0 unspecified atom stereocenters. The number of likely N-dealkylation sites (tertiary alicyclic amines) is 1. The zero-order chi connectivity index (χ0) is 20.8. The van der Waals surface area contributed by atoms with Gasteiger partial charge in [-0.3, -0.25) is 4.79 Å². The van der Waals surface area contributed by atoms with Crippen LogP contribution in [0.3, 0.4) is 0 Å². The molecule has 0 aliphatic carbocycles. The van der Waals surface area contributed by atoms with E-state index in [0.717, 1.165) is 30.6 Å². The first-order chi connectivity index (χ1) is 14.7. The average molecular weight is 403 g/mol. The second kappa shape index (κ2) is 9.35. The van der Waals surface area contributed by atoms with Crippen molar-refractivity contribution in [2.75, 3.05) is 25.0 Å². The van der Waals surface area contributed by atoms with E-state index in [1.165, 1.54) is 0 Å². The van der Waals surface area contributed by atoms with Crippen LogP contribution in [-0.4, -0.2) is 45.5 Å². The van der Waals surface area contributed by atoms with Gasteiger partial charge < -0.3 is 15.0 Å². The summed E-state index contributed by atoms with van der Waals surface area (Å²) < 4.78 is 5.62. The molecule has 0 radical (unpaired) electrons. The molecular formula is C23H25N5O2. The summed E-state index contributed by atoms with van der Waals surface area (Å²) in [5.41, 5.74) is 2.03. The first-order valence-electron chi connectivity index (χ1n) is 10.2. The fraction of sp³-hybridized carbons (Fsp3) is 0.304. The van der Waals surface area contributed by atoms with Gasteiger partial charge in [-0.15, -0.1) is 0 Å². The van der Waals surface area contributed by atoms with Crippen LogP contribution in [0.2, 0.25) is 0 Å². The van der Waals surface area contributed by atoms with Crippen molar-refractivity contribution < 1.29 is 9.53 Å². The molecule has 3 aromatic rings. The number of aryl methyl sites for hydroxylation is 1. The molecule has 1 N–H and O–H groups in total. The first-order valence-corrected chi connectivity index (χ1v) is 10.2. The van der Waals surface area contributed by atoms with E-state index in [9.17, 15) is 4.79 Å². The minimum absolute atomic E-state index is 0.000173. The van der Waals surface area contributed by atoms with Gasteiger partial charge in [0.2, 0.25) is 5.95 Å². The lowest BCUT2D eigenvalue weighted by Crippen LogP contribution is -2.41. The maximum absolute atomic E-state index is 12.6. The molecule has 0 spiro atoms. The highest BCUT2D eigenvalue weighted by Gasteiger charge is 2.26. The number of amides is 1. The van der Waals surface area contributed by atoms with Crippen LogP contribution >= 0.6 is 0 Å². The summed E-state index contributed by atoms with van der Waals surface area (Å²) in [5, 5.41) is 3.15. The second-order valence-corrected chi connectivity index (χ2v) is 7.43. The molecule has 0 bridgehead atoms. The summed E-state index contributed by atoms with van der Waals surface area (Å²) in [6.07, 6.45) is 5.48. The number of hydrogen-bond acceptors (Lipinski definition) is 6.